The molecule has 1 heterocycles. The molecule has 0 bridgehead atoms. The lowest BCUT2D eigenvalue weighted by Gasteiger charge is -2.44. The van der Waals surface area contributed by atoms with Gasteiger partial charge in [0.05, 0.1) is 11.4 Å². The van der Waals surface area contributed by atoms with Crippen LogP contribution in [-0.4, -0.2) is 43.1 Å². The summed E-state index contributed by atoms with van der Waals surface area (Å²) >= 11 is 1.21. The van der Waals surface area contributed by atoms with E-state index in [-0.39, 0.29) is 33.8 Å². The number of carbonyl (C=O) groups is 2. The maximum Gasteiger partial charge on any atom is 0.303 e. The minimum absolute atomic E-state index is 0.00679. The fraction of sp³-hybridized carbons (Fsp3) is 0.875. The molecule has 0 amide bonds. The highest BCUT2D eigenvalue weighted by Gasteiger charge is 2.45. The Kier molecular flexibility index (Phi) is 6.90. The average Bonchev–Trinajstić information content (AvgIpc) is 2.30. The Labute approximate surface area is 144 Å². The molecule has 1 aliphatic heterocycles. The summed E-state index contributed by atoms with van der Waals surface area (Å²) in [6.45, 7) is 15.6. The first-order valence-corrected chi connectivity index (χ1v) is 11.8. The zero-order chi connectivity index (χ0) is 18.0. The number of thioether (sulfide) groups is 1. The molecule has 0 spiro atoms. The molecule has 1 unspecified atom stereocenters. The maximum absolute atomic E-state index is 11.6. The number of carbonyl (C=O) groups excluding carboxylic acids is 2. The van der Waals surface area contributed by atoms with Crippen molar-refractivity contribution >= 4 is 31.2 Å². The largest absolute Gasteiger partial charge is 0.459 e. The van der Waals surface area contributed by atoms with E-state index in [0.29, 0.717) is 6.42 Å². The van der Waals surface area contributed by atoms with E-state index in [4.69, 9.17) is 13.9 Å². The van der Waals surface area contributed by atoms with Crippen molar-refractivity contribution in [3.63, 3.8) is 0 Å². The van der Waals surface area contributed by atoms with Gasteiger partial charge in [-0.1, -0.05) is 32.5 Å². The van der Waals surface area contributed by atoms with Crippen LogP contribution in [0.25, 0.3) is 0 Å². The van der Waals surface area contributed by atoms with E-state index < -0.39 is 14.4 Å². The molecule has 23 heavy (non-hydrogen) atoms. The van der Waals surface area contributed by atoms with E-state index in [9.17, 15) is 9.59 Å². The minimum Gasteiger partial charge on any atom is -0.459 e. The lowest BCUT2D eigenvalue weighted by molar-refractivity contribution is -0.197. The molecule has 0 aromatic carbocycles. The molecule has 1 rings (SSSR count). The quantitative estimate of drug-likeness (QED) is 0.561. The third-order valence-corrected chi connectivity index (χ3v) is 10.0. The monoisotopic (exact) mass is 362 g/mol. The molecular weight excluding hydrogens is 332 g/mol. The van der Waals surface area contributed by atoms with Gasteiger partial charge in [-0.15, -0.1) is 0 Å². The molecule has 0 aromatic heterocycles. The molecule has 0 N–H and O–H groups in total. The van der Waals surface area contributed by atoms with Crippen molar-refractivity contribution in [1.82, 2.24) is 0 Å². The third kappa shape index (κ3) is 5.88. The summed E-state index contributed by atoms with van der Waals surface area (Å²) in [5.41, 5.74) is 0. The fourth-order valence-corrected chi connectivity index (χ4v) is 4.52. The first-order chi connectivity index (χ1) is 10.3. The van der Waals surface area contributed by atoms with Crippen LogP contribution in [-0.2, 0) is 23.5 Å². The maximum atomic E-state index is 11.6. The van der Waals surface area contributed by atoms with Gasteiger partial charge >= 0.3 is 5.97 Å². The first-order valence-electron chi connectivity index (χ1n) is 8.01. The van der Waals surface area contributed by atoms with E-state index in [2.05, 4.69) is 33.9 Å². The van der Waals surface area contributed by atoms with Crippen molar-refractivity contribution in [2.75, 3.05) is 0 Å². The van der Waals surface area contributed by atoms with E-state index in [1.807, 2.05) is 6.92 Å². The molecule has 5 nitrogen and oxygen atoms in total. The van der Waals surface area contributed by atoms with Crippen molar-refractivity contribution < 1.29 is 23.5 Å². The van der Waals surface area contributed by atoms with Crippen molar-refractivity contribution in [3.8, 4) is 0 Å². The van der Waals surface area contributed by atoms with Gasteiger partial charge in [-0.25, -0.2) is 0 Å². The number of ether oxygens (including phenoxy) is 2. The zero-order valence-corrected chi connectivity index (χ0v) is 17.3. The van der Waals surface area contributed by atoms with Crippen LogP contribution >= 0.6 is 11.8 Å². The Hall–Kier alpha value is -0.373. The van der Waals surface area contributed by atoms with E-state index in [1.165, 1.54) is 25.6 Å². The summed E-state index contributed by atoms with van der Waals surface area (Å²) < 4.78 is 17.7. The summed E-state index contributed by atoms with van der Waals surface area (Å²) in [6, 6.07) is 0. The normalized spacial score (nSPS) is 29.2. The molecular formula is C16H30O5SSi. The smallest absolute Gasteiger partial charge is 0.303 e. The highest BCUT2D eigenvalue weighted by atomic mass is 32.2. The molecule has 1 aliphatic rings. The van der Waals surface area contributed by atoms with Gasteiger partial charge in [-0.2, -0.15) is 0 Å². The molecule has 0 saturated carbocycles. The summed E-state index contributed by atoms with van der Waals surface area (Å²) in [6.07, 6.45) is -0.562. The third-order valence-electron chi connectivity index (χ3n) is 4.47. The van der Waals surface area contributed by atoms with Gasteiger partial charge < -0.3 is 13.9 Å². The van der Waals surface area contributed by atoms with Crippen LogP contribution in [0.5, 0.6) is 0 Å². The van der Waals surface area contributed by atoms with Gasteiger partial charge in [-0.05, 0) is 25.1 Å². The van der Waals surface area contributed by atoms with Crippen molar-refractivity contribution in [2.24, 2.45) is 0 Å². The van der Waals surface area contributed by atoms with Gasteiger partial charge in [0.25, 0.3) is 0 Å². The van der Waals surface area contributed by atoms with Gasteiger partial charge in [0, 0.05) is 20.3 Å². The molecule has 1 fully saturated rings. The van der Waals surface area contributed by atoms with Crippen LogP contribution in [0.1, 0.15) is 48.0 Å². The van der Waals surface area contributed by atoms with Gasteiger partial charge in [0.15, 0.2) is 13.4 Å². The Bertz CT molecular complexity index is 446. The number of esters is 1. The summed E-state index contributed by atoms with van der Waals surface area (Å²) in [7, 11) is -1.97. The Morgan fingerprint density at radius 2 is 1.78 bits per heavy atom. The van der Waals surface area contributed by atoms with Crippen molar-refractivity contribution in [1.29, 1.82) is 0 Å². The molecule has 1 saturated heterocycles. The Morgan fingerprint density at radius 3 is 2.22 bits per heavy atom. The number of hydrogen-bond acceptors (Lipinski definition) is 6. The molecule has 134 valence electrons. The lowest BCUT2D eigenvalue weighted by atomic mass is 10.1. The summed E-state index contributed by atoms with van der Waals surface area (Å²) in [5, 5.41) is -0.0579. The predicted octanol–water partition coefficient (Wildman–Crippen LogP) is 3.72. The van der Waals surface area contributed by atoms with E-state index in [0.717, 1.165) is 0 Å². The molecule has 7 heteroatoms. The highest BCUT2D eigenvalue weighted by Crippen LogP contribution is 2.40. The predicted molar refractivity (Wildman–Crippen MR) is 94.8 cm³/mol. The van der Waals surface area contributed by atoms with Crippen molar-refractivity contribution in [2.45, 2.75) is 89.8 Å². The second kappa shape index (κ2) is 7.67. The zero-order valence-electron chi connectivity index (χ0n) is 15.5. The van der Waals surface area contributed by atoms with Crippen LogP contribution in [0, 0.1) is 0 Å². The Balaban J connectivity index is 2.88. The minimum atomic E-state index is -1.97. The average molecular weight is 363 g/mol. The highest BCUT2D eigenvalue weighted by molar-refractivity contribution is 8.14. The summed E-state index contributed by atoms with van der Waals surface area (Å²) in [5.74, 6) is -0.358. The van der Waals surface area contributed by atoms with Gasteiger partial charge in [-0.3, -0.25) is 9.59 Å². The van der Waals surface area contributed by atoms with Crippen LogP contribution in [0.2, 0.25) is 18.1 Å². The Morgan fingerprint density at radius 1 is 1.22 bits per heavy atom. The van der Waals surface area contributed by atoms with Gasteiger partial charge in [0.1, 0.15) is 12.4 Å². The van der Waals surface area contributed by atoms with Crippen molar-refractivity contribution in [3.05, 3.63) is 0 Å². The van der Waals surface area contributed by atoms with Crippen LogP contribution in [0.4, 0.5) is 0 Å². The lowest BCUT2D eigenvalue weighted by Crippen LogP contribution is -2.53. The number of hydrogen-bond donors (Lipinski definition) is 0. The molecule has 4 atom stereocenters. The molecule has 0 radical (unpaired) electrons. The summed E-state index contributed by atoms with van der Waals surface area (Å²) in [4.78, 5) is 22.9. The van der Waals surface area contributed by atoms with Crippen LogP contribution < -0.4 is 0 Å². The first kappa shape index (κ1) is 20.7. The molecule has 0 aliphatic carbocycles. The second-order valence-corrected chi connectivity index (χ2v) is 13.8. The molecule has 0 aromatic rings. The second-order valence-electron chi connectivity index (χ2n) is 7.61. The topological polar surface area (TPSA) is 61.8 Å². The number of rotatable bonds is 4. The van der Waals surface area contributed by atoms with Crippen LogP contribution in [0.15, 0.2) is 0 Å². The fourth-order valence-electron chi connectivity index (χ4n) is 2.27. The van der Waals surface area contributed by atoms with E-state index in [1.54, 1.807) is 0 Å². The van der Waals surface area contributed by atoms with Crippen LogP contribution in [0.3, 0.4) is 0 Å². The van der Waals surface area contributed by atoms with E-state index >= 15 is 0 Å². The van der Waals surface area contributed by atoms with Gasteiger partial charge in [0.2, 0.25) is 0 Å². The SMILES string of the molecule is CC(=O)O[C@@H]1C(SC(C)=O)C[C@@H](O[Si](C)(C)C(C)(C)C)O[C@H]1C. The standard InChI is InChI=1S/C16H30O5SSi/c1-10-15(20-11(2)17)13(22-12(3)18)9-14(19-10)21-23(7,8)16(4,5)6/h10,13-15H,9H2,1-8H3/t10-,13?,14+,15-/m0/s1.